The Hall–Kier alpha value is -2.85. The van der Waals surface area contributed by atoms with Crippen molar-refractivity contribution in [1.29, 1.82) is 0 Å². The summed E-state index contributed by atoms with van der Waals surface area (Å²) in [6, 6.07) is 22.1. The molecule has 0 bridgehead atoms. The van der Waals surface area contributed by atoms with Crippen LogP contribution in [0.4, 0.5) is 0 Å². The number of hydrogen-bond acceptors (Lipinski definition) is 3. The summed E-state index contributed by atoms with van der Waals surface area (Å²) in [4.78, 5) is 16.6. The van der Waals surface area contributed by atoms with Crippen molar-refractivity contribution in [1.82, 2.24) is 9.80 Å². The van der Waals surface area contributed by atoms with E-state index in [2.05, 4.69) is 29.2 Å². The highest BCUT2D eigenvalue weighted by Gasteiger charge is 2.26. The first kappa shape index (κ1) is 18.9. The van der Waals surface area contributed by atoms with Gasteiger partial charge in [-0.2, -0.15) is 0 Å². The predicted molar refractivity (Wildman–Crippen MR) is 110 cm³/mol. The second-order valence-corrected chi connectivity index (χ2v) is 7.01. The molecular weight excluding hydrogens is 336 g/mol. The van der Waals surface area contributed by atoms with Crippen molar-refractivity contribution in [3.63, 3.8) is 0 Å². The van der Waals surface area contributed by atoms with Gasteiger partial charge in [-0.3, -0.25) is 9.69 Å². The van der Waals surface area contributed by atoms with Gasteiger partial charge in [-0.15, -0.1) is 0 Å². The molecule has 0 fully saturated rings. The highest BCUT2D eigenvalue weighted by molar-refractivity contribution is 5.85. The molecule has 1 atom stereocenters. The van der Waals surface area contributed by atoms with Crippen LogP contribution < -0.4 is 4.74 Å². The van der Waals surface area contributed by atoms with E-state index in [9.17, 15) is 4.79 Å². The average molecular weight is 362 g/mol. The number of ether oxygens (including phenoxy) is 1. The number of methoxy groups -OCH3 is 1. The van der Waals surface area contributed by atoms with Crippen molar-refractivity contribution in [2.45, 2.75) is 12.6 Å². The fraction of sp³-hybridized carbons (Fsp3) is 0.261. The fourth-order valence-electron chi connectivity index (χ4n) is 3.34. The summed E-state index contributed by atoms with van der Waals surface area (Å²) in [6.45, 7) is 0.682. The Balaban J connectivity index is 1.87. The second-order valence-electron chi connectivity index (χ2n) is 7.01. The molecule has 0 spiro atoms. The van der Waals surface area contributed by atoms with Gasteiger partial charge >= 0.3 is 0 Å². The Labute approximate surface area is 161 Å². The van der Waals surface area contributed by atoms with Gasteiger partial charge in [0.1, 0.15) is 11.8 Å². The minimum Gasteiger partial charge on any atom is -0.497 e. The molecule has 1 amide bonds. The van der Waals surface area contributed by atoms with Crippen molar-refractivity contribution in [2.75, 3.05) is 28.3 Å². The van der Waals surface area contributed by atoms with E-state index in [0.29, 0.717) is 6.54 Å². The van der Waals surface area contributed by atoms with Gasteiger partial charge in [0.25, 0.3) is 0 Å². The summed E-state index contributed by atoms with van der Waals surface area (Å²) >= 11 is 0. The fourth-order valence-corrected chi connectivity index (χ4v) is 3.34. The van der Waals surface area contributed by atoms with Crippen LogP contribution in [0, 0.1) is 0 Å². The topological polar surface area (TPSA) is 32.8 Å². The molecule has 4 heteroatoms. The van der Waals surface area contributed by atoms with E-state index in [1.165, 1.54) is 5.56 Å². The summed E-state index contributed by atoms with van der Waals surface area (Å²) in [6.07, 6.45) is 0. The number of benzene rings is 3. The first-order valence-corrected chi connectivity index (χ1v) is 9.02. The molecule has 0 heterocycles. The lowest BCUT2D eigenvalue weighted by Gasteiger charge is -2.30. The van der Waals surface area contributed by atoms with Crippen LogP contribution in [-0.2, 0) is 11.3 Å². The highest BCUT2D eigenvalue weighted by atomic mass is 16.5. The van der Waals surface area contributed by atoms with Gasteiger partial charge in [-0.1, -0.05) is 48.5 Å². The van der Waals surface area contributed by atoms with E-state index in [-0.39, 0.29) is 11.9 Å². The molecule has 0 aliphatic carbocycles. The molecule has 3 rings (SSSR count). The van der Waals surface area contributed by atoms with E-state index >= 15 is 0 Å². The molecular formula is C23H26N2O2. The number of carbonyl (C=O) groups is 1. The van der Waals surface area contributed by atoms with Crippen molar-refractivity contribution in [3.8, 4) is 5.75 Å². The number of amides is 1. The number of rotatable bonds is 6. The zero-order chi connectivity index (χ0) is 19.4. The van der Waals surface area contributed by atoms with Crippen molar-refractivity contribution in [3.05, 3.63) is 77.9 Å². The maximum Gasteiger partial charge on any atom is 0.244 e. The number of hydrogen-bond donors (Lipinski definition) is 0. The van der Waals surface area contributed by atoms with Crippen molar-refractivity contribution < 1.29 is 9.53 Å². The Kier molecular flexibility index (Phi) is 5.77. The zero-order valence-electron chi connectivity index (χ0n) is 16.3. The van der Waals surface area contributed by atoms with Crippen LogP contribution in [0.15, 0.2) is 66.7 Å². The Morgan fingerprint density at radius 2 is 1.59 bits per heavy atom. The molecule has 27 heavy (non-hydrogen) atoms. The average Bonchev–Trinajstić information content (AvgIpc) is 2.68. The van der Waals surface area contributed by atoms with E-state index in [0.717, 1.165) is 22.1 Å². The van der Waals surface area contributed by atoms with Gasteiger partial charge in [-0.05, 0) is 47.1 Å². The van der Waals surface area contributed by atoms with E-state index in [1.54, 1.807) is 26.1 Å². The van der Waals surface area contributed by atoms with Gasteiger partial charge < -0.3 is 9.64 Å². The third kappa shape index (κ3) is 4.29. The monoisotopic (exact) mass is 362 g/mol. The molecule has 0 radical (unpaired) electrons. The van der Waals surface area contributed by atoms with E-state index in [1.807, 2.05) is 49.5 Å². The lowest BCUT2D eigenvalue weighted by molar-refractivity contribution is -0.134. The molecule has 0 aromatic heterocycles. The minimum absolute atomic E-state index is 0.0780. The molecule has 0 saturated carbocycles. The van der Waals surface area contributed by atoms with Gasteiger partial charge in [0.05, 0.1) is 7.11 Å². The largest absolute Gasteiger partial charge is 0.497 e. The summed E-state index contributed by atoms with van der Waals surface area (Å²) in [5.41, 5.74) is 2.17. The van der Waals surface area contributed by atoms with E-state index in [4.69, 9.17) is 4.74 Å². The van der Waals surface area contributed by atoms with Crippen LogP contribution in [-0.4, -0.2) is 44.0 Å². The Morgan fingerprint density at radius 3 is 2.26 bits per heavy atom. The molecule has 140 valence electrons. The van der Waals surface area contributed by atoms with Gasteiger partial charge in [-0.25, -0.2) is 0 Å². The maximum absolute atomic E-state index is 12.8. The van der Waals surface area contributed by atoms with Crippen molar-refractivity contribution >= 4 is 16.7 Å². The summed E-state index contributed by atoms with van der Waals surface area (Å²) in [7, 11) is 7.28. The molecule has 0 aliphatic heterocycles. The lowest BCUT2D eigenvalue weighted by atomic mass is 10.0. The van der Waals surface area contributed by atoms with Gasteiger partial charge in [0, 0.05) is 20.6 Å². The highest BCUT2D eigenvalue weighted by Crippen LogP contribution is 2.26. The van der Waals surface area contributed by atoms with Crippen LogP contribution in [0.25, 0.3) is 10.8 Å². The third-order valence-electron chi connectivity index (χ3n) is 4.77. The van der Waals surface area contributed by atoms with Crippen molar-refractivity contribution in [2.24, 2.45) is 0 Å². The van der Waals surface area contributed by atoms with Crippen LogP contribution in [0.5, 0.6) is 5.75 Å². The van der Waals surface area contributed by atoms with Crippen LogP contribution in [0.1, 0.15) is 17.2 Å². The van der Waals surface area contributed by atoms with E-state index < -0.39 is 0 Å². The number of carbonyl (C=O) groups excluding carboxylic acids is 1. The predicted octanol–water partition coefficient (Wildman–Crippen LogP) is 4.11. The summed E-state index contributed by atoms with van der Waals surface area (Å²) in [5, 5.41) is 2.31. The van der Waals surface area contributed by atoms with Crippen LogP contribution >= 0.6 is 0 Å². The minimum atomic E-state index is -0.312. The molecule has 3 aromatic carbocycles. The molecule has 1 unspecified atom stereocenters. The normalized spacial score (nSPS) is 12.2. The second kappa shape index (κ2) is 8.23. The van der Waals surface area contributed by atoms with Gasteiger partial charge in [0.2, 0.25) is 5.91 Å². The Morgan fingerprint density at radius 1 is 0.926 bits per heavy atom. The first-order chi connectivity index (χ1) is 13.0. The standard InChI is InChI=1S/C23H26N2O2/c1-24(2)23(26)22(18-8-6-5-7-9-18)25(3)16-17-10-11-20-15-21(27-4)13-12-19(20)14-17/h5-15,22H,16H2,1-4H3. The number of nitrogens with zero attached hydrogens (tertiary/aromatic N) is 2. The number of fused-ring (bicyclic) bond motifs is 1. The molecule has 0 saturated heterocycles. The maximum atomic E-state index is 12.8. The molecule has 3 aromatic rings. The molecule has 0 aliphatic rings. The number of likely N-dealkylation sites (N-methyl/N-ethyl adjacent to an activating group) is 2. The third-order valence-corrected chi connectivity index (χ3v) is 4.77. The SMILES string of the molecule is COc1ccc2cc(CN(C)C(C(=O)N(C)C)c3ccccc3)ccc2c1. The van der Waals surface area contributed by atoms with Crippen LogP contribution in [0.3, 0.4) is 0 Å². The first-order valence-electron chi connectivity index (χ1n) is 9.02. The molecule has 4 nitrogen and oxygen atoms in total. The van der Waals surface area contributed by atoms with Gasteiger partial charge in [0.15, 0.2) is 0 Å². The Bertz CT molecular complexity index is 922. The zero-order valence-corrected chi connectivity index (χ0v) is 16.3. The quantitative estimate of drug-likeness (QED) is 0.662. The summed E-state index contributed by atoms with van der Waals surface area (Å²) < 4.78 is 5.30. The molecule has 0 N–H and O–H groups in total. The smallest absolute Gasteiger partial charge is 0.244 e. The van der Waals surface area contributed by atoms with Crippen LogP contribution in [0.2, 0.25) is 0 Å². The summed E-state index contributed by atoms with van der Waals surface area (Å²) in [5.74, 6) is 0.933. The lowest BCUT2D eigenvalue weighted by Crippen LogP contribution is -2.37.